The van der Waals surface area contributed by atoms with Crippen LogP contribution < -0.4 is 4.74 Å². The van der Waals surface area contributed by atoms with Gasteiger partial charge in [0.25, 0.3) is 0 Å². The van der Waals surface area contributed by atoms with Crippen molar-refractivity contribution in [1.29, 1.82) is 0 Å². The number of sulfone groups is 1. The third-order valence-corrected chi connectivity index (χ3v) is 6.23. The van der Waals surface area contributed by atoms with E-state index in [4.69, 9.17) is 4.74 Å². The molecule has 0 fully saturated rings. The Hall–Kier alpha value is -3.40. The molecule has 166 valence electrons. The molecule has 3 aromatic heterocycles. The molecule has 0 radical (unpaired) electrons. The largest absolute Gasteiger partial charge is 0.496 e. The van der Waals surface area contributed by atoms with E-state index in [0.29, 0.717) is 17.8 Å². The molecule has 0 bridgehead atoms. The van der Waals surface area contributed by atoms with Gasteiger partial charge in [-0.25, -0.2) is 22.2 Å². The first kappa shape index (κ1) is 21.8. The number of nitrogens with zero attached hydrogens (tertiary/aromatic N) is 4. The third-order valence-electron chi connectivity index (χ3n) is 5.24. The fraction of sp³-hybridized carbons (Fsp3) is 0.227. The molecule has 0 spiro atoms. The molecule has 0 unspecified atom stereocenters. The summed E-state index contributed by atoms with van der Waals surface area (Å²) in [6.07, 6.45) is 3.38. The van der Waals surface area contributed by atoms with E-state index in [1.165, 1.54) is 13.2 Å². The lowest BCUT2D eigenvalue weighted by Crippen LogP contribution is -2.05. The maximum Gasteiger partial charge on any atom is 0.192 e. The van der Waals surface area contributed by atoms with Crippen molar-refractivity contribution < 1.29 is 21.9 Å². The molecule has 4 aromatic rings. The van der Waals surface area contributed by atoms with E-state index in [0.717, 1.165) is 35.2 Å². The summed E-state index contributed by atoms with van der Waals surface area (Å²) in [4.78, 5) is 4.21. The molecule has 3 heterocycles. The van der Waals surface area contributed by atoms with Crippen molar-refractivity contribution in [3.05, 3.63) is 71.3 Å². The van der Waals surface area contributed by atoms with E-state index < -0.39 is 21.5 Å². The number of ether oxygens (including phenoxy) is 1. The predicted molar refractivity (Wildman–Crippen MR) is 114 cm³/mol. The number of benzene rings is 1. The van der Waals surface area contributed by atoms with Crippen LogP contribution in [0.5, 0.6) is 5.75 Å². The van der Waals surface area contributed by atoms with Gasteiger partial charge in [0, 0.05) is 46.5 Å². The Bertz CT molecular complexity index is 1430. The Labute approximate surface area is 183 Å². The van der Waals surface area contributed by atoms with Gasteiger partial charge in [0.15, 0.2) is 20.5 Å². The highest BCUT2D eigenvalue weighted by Gasteiger charge is 2.17. The van der Waals surface area contributed by atoms with E-state index in [1.807, 2.05) is 12.1 Å². The highest BCUT2D eigenvalue weighted by atomic mass is 32.2. The highest BCUT2D eigenvalue weighted by molar-refractivity contribution is 7.90. The normalized spacial score (nSPS) is 11.8. The van der Waals surface area contributed by atoms with Crippen molar-refractivity contribution in [2.24, 2.45) is 0 Å². The molecule has 7 nitrogen and oxygen atoms in total. The summed E-state index contributed by atoms with van der Waals surface area (Å²) in [5, 5.41) is 8.21. The summed E-state index contributed by atoms with van der Waals surface area (Å²) in [5.74, 6) is -1.20. The van der Waals surface area contributed by atoms with Gasteiger partial charge in [0.2, 0.25) is 0 Å². The molecule has 0 aliphatic rings. The third kappa shape index (κ3) is 4.05. The Morgan fingerprint density at radius 1 is 1.06 bits per heavy atom. The van der Waals surface area contributed by atoms with Crippen LogP contribution in [-0.4, -0.2) is 41.4 Å². The van der Waals surface area contributed by atoms with Gasteiger partial charge in [-0.15, -0.1) is 10.2 Å². The number of hydrogen-bond donors (Lipinski definition) is 0. The summed E-state index contributed by atoms with van der Waals surface area (Å²) in [6.45, 7) is 1.73. The van der Waals surface area contributed by atoms with Gasteiger partial charge in [-0.3, -0.25) is 4.40 Å². The van der Waals surface area contributed by atoms with Gasteiger partial charge in [-0.05, 0) is 44.0 Å². The van der Waals surface area contributed by atoms with Gasteiger partial charge in [0.05, 0.1) is 7.11 Å². The number of fused-ring (bicyclic) bond motifs is 1. The Morgan fingerprint density at radius 2 is 1.81 bits per heavy atom. The first-order chi connectivity index (χ1) is 15.2. The number of hydrogen-bond acceptors (Lipinski definition) is 6. The van der Waals surface area contributed by atoms with E-state index in [9.17, 15) is 17.2 Å². The minimum atomic E-state index is -3.42. The monoisotopic (exact) mass is 458 g/mol. The number of aryl methyl sites for hydroxylation is 2. The van der Waals surface area contributed by atoms with Crippen LogP contribution in [-0.2, 0) is 22.7 Å². The number of rotatable bonds is 6. The van der Waals surface area contributed by atoms with Gasteiger partial charge >= 0.3 is 0 Å². The smallest absolute Gasteiger partial charge is 0.192 e. The number of pyridine rings is 2. The maximum atomic E-state index is 14.3. The molecule has 0 aliphatic carbocycles. The zero-order chi connectivity index (χ0) is 23.0. The van der Waals surface area contributed by atoms with Crippen molar-refractivity contribution in [1.82, 2.24) is 19.6 Å². The van der Waals surface area contributed by atoms with Crippen LogP contribution in [0.25, 0.3) is 16.8 Å². The molecule has 10 heteroatoms. The maximum absolute atomic E-state index is 14.3. The average molecular weight is 458 g/mol. The van der Waals surface area contributed by atoms with Gasteiger partial charge < -0.3 is 4.74 Å². The van der Waals surface area contributed by atoms with Crippen molar-refractivity contribution in [2.75, 3.05) is 13.4 Å². The summed E-state index contributed by atoms with van der Waals surface area (Å²) in [7, 11) is -2.05. The molecule has 0 N–H and O–H groups in total. The van der Waals surface area contributed by atoms with E-state index in [-0.39, 0.29) is 22.8 Å². The fourth-order valence-electron chi connectivity index (χ4n) is 3.66. The quantitative estimate of drug-likeness (QED) is 0.439. The predicted octanol–water partition coefficient (Wildman–Crippen LogP) is 3.58. The molecule has 4 rings (SSSR count). The van der Waals surface area contributed by atoms with Gasteiger partial charge in [-0.2, -0.15) is 0 Å². The first-order valence-corrected chi connectivity index (χ1v) is 11.6. The minimum absolute atomic E-state index is 0.00290. The van der Waals surface area contributed by atoms with Crippen LogP contribution in [0.3, 0.4) is 0 Å². The molecule has 0 atom stereocenters. The van der Waals surface area contributed by atoms with Gasteiger partial charge in [0.1, 0.15) is 23.7 Å². The summed E-state index contributed by atoms with van der Waals surface area (Å²) in [5.41, 5.74) is 3.68. The van der Waals surface area contributed by atoms with E-state index in [1.54, 1.807) is 23.7 Å². The SMILES string of the molecule is COc1cc(F)cc(F)c1CCc1ccc(-c2ccc(S(C)(=O)=O)nc2C)c2nncn12. The van der Waals surface area contributed by atoms with Crippen LogP contribution in [0.1, 0.15) is 17.0 Å². The zero-order valence-corrected chi connectivity index (χ0v) is 18.4. The fourth-order valence-corrected chi connectivity index (χ4v) is 4.28. The van der Waals surface area contributed by atoms with E-state index >= 15 is 0 Å². The lowest BCUT2D eigenvalue weighted by Gasteiger charge is -2.13. The lowest BCUT2D eigenvalue weighted by molar-refractivity contribution is 0.399. The molecular weight excluding hydrogens is 438 g/mol. The number of halogens is 2. The number of aromatic nitrogens is 4. The molecule has 0 amide bonds. The van der Waals surface area contributed by atoms with Crippen LogP contribution in [0.2, 0.25) is 0 Å². The Morgan fingerprint density at radius 3 is 2.50 bits per heavy atom. The zero-order valence-electron chi connectivity index (χ0n) is 17.6. The van der Waals surface area contributed by atoms with Crippen LogP contribution >= 0.6 is 0 Å². The molecule has 0 saturated carbocycles. The Balaban J connectivity index is 1.70. The molecular formula is C22H20F2N4O3S. The molecule has 0 aliphatic heterocycles. The topological polar surface area (TPSA) is 86.5 Å². The van der Waals surface area contributed by atoms with Crippen molar-refractivity contribution in [2.45, 2.75) is 24.8 Å². The van der Waals surface area contributed by atoms with Crippen LogP contribution in [0.4, 0.5) is 8.78 Å². The minimum Gasteiger partial charge on any atom is -0.496 e. The second-order valence-corrected chi connectivity index (χ2v) is 9.35. The van der Waals surface area contributed by atoms with Crippen molar-refractivity contribution in [3.8, 4) is 16.9 Å². The Kier molecular flexibility index (Phi) is 5.64. The summed E-state index contributed by atoms with van der Waals surface area (Å²) >= 11 is 0. The van der Waals surface area contributed by atoms with Crippen molar-refractivity contribution in [3.63, 3.8) is 0 Å². The first-order valence-electron chi connectivity index (χ1n) is 9.70. The van der Waals surface area contributed by atoms with Crippen LogP contribution in [0.15, 0.2) is 47.8 Å². The second kappa shape index (κ2) is 8.27. The lowest BCUT2D eigenvalue weighted by atomic mass is 10.0. The molecule has 32 heavy (non-hydrogen) atoms. The molecule has 1 aromatic carbocycles. The average Bonchev–Trinajstić information content (AvgIpc) is 3.22. The van der Waals surface area contributed by atoms with Crippen LogP contribution in [0, 0.1) is 18.6 Å². The summed E-state index contributed by atoms with van der Waals surface area (Å²) in [6, 6.07) is 8.87. The second-order valence-electron chi connectivity index (χ2n) is 7.39. The van der Waals surface area contributed by atoms with E-state index in [2.05, 4.69) is 15.2 Å². The van der Waals surface area contributed by atoms with Gasteiger partial charge in [-0.1, -0.05) is 0 Å². The standard InChI is InChI=1S/C22H20F2N4O3S/c1-13-16(8-9-21(26-13)32(3,29)30)17-6-4-15(28-12-25-27-22(17)28)5-7-18-19(24)10-14(23)11-20(18)31-2/h4,6,8-12H,5,7H2,1-3H3. The highest BCUT2D eigenvalue weighted by Crippen LogP contribution is 2.29. The summed E-state index contributed by atoms with van der Waals surface area (Å²) < 4.78 is 58.2. The molecule has 0 saturated heterocycles. The van der Waals surface area contributed by atoms with Crippen molar-refractivity contribution >= 4 is 15.5 Å². The number of methoxy groups -OCH3 is 1.